The predicted molar refractivity (Wildman–Crippen MR) is 94.4 cm³/mol. The van der Waals surface area contributed by atoms with Gasteiger partial charge in [-0.25, -0.2) is 4.39 Å². The lowest BCUT2D eigenvalue weighted by atomic mass is 10.0. The van der Waals surface area contributed by atoms with E-state index in [1.165, 1.54) is 24.3 Å². The van der Waals surface area contributed by atoms with E-state index in [1.807, 2.05) is 13.0 Å². The summed E-state index contributed by atoms with van der Waals surface area (Å²) in [7, 11) is 0. The quantitative estimate of drug-likeness (QED) is 0.794. The zero-order valence-electron chi connectivity index (χ0n) is 15.0. The van der Waals surface area contributed by atoms with Crippen molar-refractivity contribution in [3.63, 3.8) is 0 Å². The molecule has 1 aliphatic heterocycles. The molecule has 3 rings (SSSR count). The van der Waals surface area contributed by atoms with Crippen LogP contribution in [0.5, 0.6) is 0 Å². The lowest BCUT2D eigenvalue weighted by molar-refractivity contribution is -0.130. The Morgan fingerprint density at radius 1 is 1.33 bits per heavy atom. The monoisotopic (exact) mass is 375 g/mol. The molecule has 27 heavy (non-hydrogen) atoms. The molecule has 144 valence electrons. The number of hydrogen-bond donors (Lipinski definition) is 2. The summed E-state index contributed by atoms with van der Waals surface area (Å²) >= 11 is 0. The molecule has 8 heteroatoms. The van der Waals surface area contributed by atoms with Gasteiger partial charge in [0.15, 0.2) is 0 Å². The highest BCUT2D eigenvalue weighted by atomic mass is 19.1. The predicted octanol–water partition coefficient (Wildman–Crippen LogP) is 1.30. The highest BCUT2D eigenvalue weighted by Crippen LogP contribution is 2.22. The number of aryl methyl sites for hydroxylation is 1. The van der Waals surface area contributed by atoms with Crippen molar-refractivity contribution in [3.05, 3.63) is 53.2 Å². The second-order valence-corrected chi connectivity index (χ2v) is 6.78. The summed E-state index contributed by atoms with van der Waals surface area (Å²) in [5.41, 5.74) is 1.12. The maximum atomic E-state index is 12.9. The molecule has 0 saturated carbocycles. The Morgan fingerprint density at radius 2 is 2.07 bits per heavy atom. The molecule has 0 bridgehead atoms. The molecular formula is C19H22FN3O4. The maximum Gasteiger partial charge on any atom is 0.251 e. The molecule has 1 fully saturated rings. The van der Waals surface area contributed by atoms with E-state index in [9.17, 15) is 19.1 Å². The molecule has 2 aromatic rings. The van der Waals surface area contributed by atoms with E-state index in [0.717, 1.165) is 5.69 Å². The van der Waals surface area contributed by atoms with Gasteiger partial charge in [-0.3, -0.25) is 9.59 Å². The Labute approximate surface area is 156 Å². The number of nitrogens with zero attached hydrogens (tertiary/aromatic N) is 2. The summed E-state index contributed by atoms with van der Waals surface area (Å²) in [5.74, 6) is -0.315. The van der Waals surface area contributed by atoms with Crippen LogP contribution in [0.25, 0.3) is 0 Å². The van der Waals surface area contributed by atoms with Crippen LogP contribution in [0.15, 0.2) is 34.9 Å². The molecule has 1 aromatic carbocycles. The number of halogens is 1. The molecule has 0 spiro atoms. The fourth-order valence-corrected chi connectivity index (χ4v) is 3.17. The van der Waals surface area contributed by atoms with Crippen LogP contribution in [0.1, 0.15) is 28.2 Å². The number of nitrogens with one attached hydrogen (secondary N) is 1. The van der Waals surface area contributed by atoms with E-state index >= 15 is 0 Å². The van der Waals surface area contributed by atoms with Gasteiger partial charge < -0.3 is 19.8 Å². The van der Waals surface area contributed by atoms with Gasteiger partial charge in [0.05, 0.1) is 11.8 Å². The van der Waals surface area contributed by atoms with Gasteiger partial charge >= 0.3 is 0 Å². The molecule has 2 N–H and O–H groups in total. The molecular weight excluding hydrogens is 353 g/mol. The molecule has 1 aromatic heterocycles. The van der Waals surface area contributed by atoms with E-state index in [2.05, 4.69) is 10.5 Å². The second-order valence-electron chi connectivity index (χ2n) is 6.78. The van der Waals surface area contributed by atoms with Crippen molar-refractivity contribution >= 4 is 11.8 Å². The van der Waals surface area contributed by atoms with E-state index < -0.39 is 11.9 Å². The van der Waals surface area contributed by atoms with Crippen LogP contribution in [0.3, 0.4) is 0 Å². The fourth-order valence-electron chi connectivity index (χ4n) is 3.17. The van der Waals surface area contributed by atoms with Gasteiger partial charge in [0, 0.05) is 50.0 Å². The van der Waals surface area contributed by atoms with Crippen molar-refractivity contribution in [2.24, 2.45) is 5.92 Å². The molecule has 1 saturated heterocycles. The number of carbonyl (C=O) groups is 2. The van der Waals surface area contributed by atoms with Gasteiger partial charge in [0.2, 0.25) is 5.91 Å². The summed E-state index contributed by atoms with van der Waals surface area (Å²) in [4.78, 5) is 25.9. The van der Waals surface area contributed by atoms with Gasteiger partial charge in [-0.1, -0.05) is 5.16 Å². The molecule has 1 aliphatic rings. The van der Waals surface area contributed by atoms with E-state index in [4.69, 9.17) is 4.52 Å². The average Bonchev–Trinajstić information content (AvgIpc) is 3.21. The first-order valence-corrected chi connectivity index (χ1v) is 8.84. The summed E-state index contributed by atoms with van der Waals surface area (Å²) in [6.07, 6.45) is 0.0362. The lowest BCUT2D eigenvalue weighted by Gasteiger charge is -2.16. The van der Waals surface area contributed by atoms with Gasteiger partial charge in [-0.15, -0.1) is 0 Å². The van der Waals surface area contributed by atoms with Crippen LogP contribution >= 0.6 is 0 Å². The Morgan fingerprint density at radius 3 is 2.74 bits per heavy atom. The minimum absolute atomic E-state index is 0.102. The summed E-state index contributed by atoms with van der Waals surface area (Å²) in [5, 5.41) is 16.7. The number of aliphatic hydroxyl groups is 1. The minimum Gasteiger partial charge on any atom is -0.391 e. The first kappa shape index (κ1) is 19.0. The standard InChI is InChI=1S/C19H22FN3O4/c1-12-8-16(27-22-12)9-14-10-23(11-17(14)24)18(25)6-7-21-19(26)13-2-4-15(20)5-3-13/h2-5,8,14,17,24H,6-7,9-11H2,1H3,(H,21,26)/t14-,17-/m1/s1. The smallest absolute Gasteiger partial charge is 0.251 e. The van der Waals surface area contributed by atoms with Crippen molar-refractivity contribution in [2.45, 2.75) is 25.9 Å². The Kier molecular flexibility index (Phi) is 5.85. The summed E-state index contributed by atoms with van der Waals surface area (Å²) in [6, 6.07) is 7.02. The number of aliphatic hydroxyl groups excluding tert-OH is 1. The Bertz CT molecular complexity index is 806. The largest absolute Gasteiger partial charge is 0.391 e. The van der Waals surface area contributed by atoms with Gasteiger partial charge in [0.1, 0.15) is 11.6 Å². The lowest BCUT2D eigenvalue weighted by Crippen LogP contribution is -2.33. The summed E-state index contributed by atoms with van der Waals surface area (Å²) < 4.78 is 18.0. The number of β-amino-alcohol motifs (C(OH)–C–C–N with tert-alkyl or cyclic N) is 1. The molecule has 0 unspecified atom stereocenters. The van der Waals surface area contributed by atoms with Crippen molar-refractivity contribution in [2.75, 3.05) is 19.6 Å². The number of rotatable bonds is 6. The first-order valence-electron chi connectivity index (χ1n) is 8.84. The number of aromatic nitrogens is 1. The first-order chi connectivity index (χ1) is 12.9. The zero-order chi connectivity index (χ0) is 19.4. The third kappa shape index (κ3) is 4.91. The molecule has 7 nitrogen and oxygen atoms in total. The molecule has 0 radical (unpaired) electrons. The third-order valence-electron chi connectivity index (χ3n) is 4.63. The number of amides is 2. The summed E-state index contributed by atoms with van der Waals surface area (Å²) in [6.45, 7) is 2.70. The van der Waals surface area contributed by atoms with Crippen molar-refractivity contribution in [1.82, 2.24) is 15.4 Å². The maximum absolute atomic E-state index is 12.9. The van der Waals surface area contributed by atoms with E-state index in [-0.39, 0.29) is 37.2 Å². The van der Waals surface area contributed by atoms with Crippen LogP contribution in [-0.4, -0.2) is 52.7 Å². The van der Waals surface area contributed by atoms with Gasteiger partial charge in [0.25, 0.3) is 5.91 Å². The fraction of sp³-hybridized carbons (Fsp3) is 0.421. The average molecular weight is 375 g/mol. The van der Waals surface area contributed by atoms with Crippen LogP contribution in [0, 0.1) is 18.7 Å². The molecule has 2 amide bonds. The Hall–Kier alpha value is -2.74. The molecule has 2 heterocycles. The SMILES string of the molecule is Cc1cc(C[C@@H]2CN(C(=O)CCNC(=O)c3ccc(F)cc3)C[C@H]2O)on1. The number of likely N-dealkylation sites (tertiary alicyclic amines) is 1. The van der Waals surface area contributed by atoms with Crippen LogP contribution < -0.4 is 5.32 Å². The normalized spacial score (nSPS) is 19.3. The van der Waals surface area contributed by atoms with Crippen LogP contribution in [-0.2, 0) is 11.2 Å². The topological polar surface area (TPSA) is 95.7 Å². The highest BCUT2D eigenvalue weighted by molar-refractivity contribution is 5.94. The Balaban J connectivity index is 1.44. The van der Waals surface area contributed by atoms with Crippen LogP contribution in [0.2, 0.25) is 0 Å². The second kappa shape index (κ2) is 8.30. The van der Waals surface area contributed by atoms with Crippen molar-refractivity contribution in [3.8, 4) is 0 Å². The van der Waals surface area contributed by atoms with Crippen molar-refractivity contribution in [1.29, 1.82) is 0 Å². The van der Waals surface area contributed by atoms with Crippen molar-refractivity contribution < 1.29 is 23.6 Å². The highest BCUT2D eigenvalue weighted by Gasteiger charge is 2.34. The number of carbonyl (C=O) groups excluding carboxylic acids is 2. The van der Waals surface area contributed by atoms with E-state index in [0.29, 0.717) is 24.3 Å². The number of hydrogen-bond acceptors (Lipinski definition) is 5. The number of benzene rings is 1. The van der Waals surface area contributed by atoms with Gasteiger partial charge in [-0.05, 0) is 31.2 Å². The minimum atomic E-state index is -0.617. The molecule has 0 aliphatic carbocycles. The molecule has 2 atom stereocenters. The van der Waals surface area contributed by atoms with Gasteiger partial charge in [-0.2, -0.15) is 0 Å². The van der Waals surface area contributed by atoms with Crippen LogP contribution in [0.4, 0.5) is 4.39 Å². The third-order valence-corrected chi connectivity index (χ3v) is 4.63. The van der Waals surface area contributed by atoms with E-state index in [1.54, 1.807) is 4.90 Å². The zero-order valence-corrected chi connectivity index (χ0v) is 15.0.